The zero-order valence-corrected chi connectivity index (χ0v) is 18.9. The van der Waals surface area contributed by atoms with Crippen LogP contribution >= 0.6 is 31.9 Å². The van der Waals surface area contributed by atoms with Crippen LogP contribution in [0.1, 0.15) is 39.2 Å². The quantitative estimate of drug-likeness (QED) is 0.315. The van der Waals surface area contributed by atoms with E-state index in [0.29, 0.717) is 40.0 Å². The highest BCUT2D eigenvalue weighted by molar-refractivity contribution is 9.24. The minimum Gasteiger partial charge on any atom is -0.477 e. The van der Waals surface area contributed by atoms with E-state index < -0.39 is 5.97 Å². The SMILES string of the molecule is CCOC(=O)c1cc2c(-c3ccccc3)c(C#N)c(OCC)nc2nc1C(Br)Br. The second-order valence-corrected chi connectivity index (χ2v) is 8.95. The third kappa shape index (κ3) is 4.26. The molecule has 8 heteroatoms. The first-order valence-electron chi connectivity index (χ1n) is 8.94. The van der Waals surface area contributed by atoms with Crippen LogP contribution < -0.4 is 4.74 Å². The van der Waals surface area contributed by atoms with Crippen molar-refractivity contribution in [3.05, 3.63) is 53.2 Å². The first-order chi connectivity index (χ1) is 14.0. The van der Waals surface area contributed by atoms with Crippen molar-refractivity contribution in [3.8, 4) is 23.1 Å². The maximum Gasteiger partial charge on any atom is 0.340 e. The summed E-state index contributed by atoms with van der Waals surface area (Å²) in [5.74, 6) is -0.281. The third-order valence-corrected chi connectivity index (χ3v) is 5.00. The van der Waals surface area contributed by atoms with Crippen LogP contribution in [-0.4, -0.2) is 29.2 Å². The van der Waals surface area contributed by atoms with E-state index in [1.807, 2.05) is 37.3 Å². The monoisotopic (exact) mass is 517 g/mol. The Morgan fingerprint density at radius 2 is 1.90 bits per heavy atom. The van der Waals surface area contributed by atoms with Gasteiger partial charge in [0.2, 0.25) is 5.88 Å². The fourth-order valence-electron chi connectivity index (χ4n) is 2.97. The Kier molecular flexibility index (Phi) is 6.83. The molecule has 0 unspecified atom stereocenters. The molecule has 0 bridgehead atoms. The zero-order chi connectivity index (χ0) is 21.0. The van der Waals surface area contributed by atoms with Crippen molar-refractivity contribution >= 4 is 48.9 Å². The van der Waals surface area contributed by atoms with E-state index in [9.17, 15) is 10.1 Å². The molecule has 0 aliphatic carbocycles. The van der Waals surface area contributed by atoms with Crippen LogP contribution in [0.5, 0.6) is 5.88 Å². The number of hydrogen-bond donors (Lipinski definition) is 0. The highest BCUT2D eigenvalue weighted by atomic mass is 79.9. The standard InChI is InChI=1S/C21H17Br2N3O3/c1-3-28-20-15(11-24)16(12-8-6-5-7-9-12)13-10-14(21(27)29-4-2)17(18(22)23)25-19(13)26-20/h5-10,18H,3-4H2,1-2H3. The number of nitriles is 1. The van der Waals surface area contributed by atoms with E-state index in [2.05, 4.69) is 47.9 Å². The fourth-order valence-corrected chi connectivity index (χ4v) is 3.67. The molecule has 148 valence electrons. The molecule has 1 aromatic carbocycles. The lowest BCUT2D eigenvalue weighted by atomic mass is 9.96. The van der Waals surface area contributed by atoms with Crippen molar-refractivity contribution in [2.24, 2.45) is 0 Å². The summed E-state index contributed by atoms with van der Waals surface area (Å²) in [6.45, 7) is 4.16. The van der Waals surface area contributed by atoms with Crippen LogP contribution in [0.3, 0.4) is 0 Å². The summed E-state index contributed by atoms with van der Waals surface area (Å²) in [6, 6.07) is 13.3. The summed E-state index contributed by atoms with van der Waals surface area (Å²) in [4.78, 5) is 21.6. The molecule has 29 heavy (non-hydrogen) atoms. The first-order valence-corrected chi connectivity index (χ1v) is 10.8. The number of aromatic nitrogens is 2. The molecule has 3 aromatic rings. The largest absolute Gasteiger partial charge is 0.477 e. The molecule has 0 spiro atoms. The summed E-state index contributed by atoms with van der Waals surface area (Å²) in [5, 5.41) is 10.4. The number of hydrogen-bond acceptors (Lipinski definition) is 6. The molecule has 6 nitrogen and oxygen atoms in total. The van der Waals surface area contributed by atoms with Crippen LogP contribution in [0.15, 0.2) is 36.4 Å². The van der Waals surface area contributed by atoms with Crippen LogP contribution in [-0.2, 0) is 4.74 Å². The van der Waals surface area contributed by atoms with Gasteiger partial charge < -0.3 is 9.47 Å². The van der Waals surface area contributed by atoms with Crippen molar-refractivity contribution < 1.29 is 14.3 Å². The fraction of sp³-hybridized carbons (Fsp3) is 0.238. The van der Waals surface area contributed by atoms with Gasteiger partial charge in [0.25, 0.3) is 0 Å². The van der Waals surface area contributed by atoms with E-state index in [1.165, 1.54) is 0 Å². The van der Waals surface area contributed by atoms with Gasteiger partial charge in [-0.2, -0.15) is 10.2 Å². The molecule has 0 radical (unpaired) electrons. The maximum atomic E-state index is 12.6. The Morgan fingerprint density at radius 3 is 2.48 bits per heavy atom. The van der Waals surface area contributed by atoms with Crippen LogP contribution in [0.25, 0.3) is 22.2 Å². The van der Waals surface area contributed by atoms with Gasteiger partial charge in [0.1, 0.15) is 15.4 Å². The molecule has 3 rings (SSSR count). The first kappa shape index (κ1) is 21.2. The summed E-state index contributed by atoms with van der Waals surface area (Å²) in [7, 11) is 0. The van der Waals surface area contributed by atoms with Gasteiger partial charge in [0.15, 0.2) is 5.65 Å². The summed E-state index contributed by atoms with van der Waals surface area (Å²) in [6.07, 6.45) is 0. The second-order valence-electron chi connectivity index (χ2n) is 5.89. The molecule has 2 aromatic heterocycles. The van der Waals surface area contributed by atoms with Crippen LogP contribution in [0.4, 0.5) is 0 Å². The predicted molar refractivity (Wildman–Crippen MR) is 117 cm³/mol. The molecule has 2 heterocycles. The number of halogens is 2. The molecule has 0 fully saturated rings. The Bertz CT molecular complexity index is 1100. The summed E-state index contributed by atoms with van der Waals surface area (Å²) < 4.78 is 10.4. The number of carbonyl (C=O) groups excluding carboxylic acids is 1. The second kappa shape index (κ2) is 9.33. The topological polar surface area (TPSA) is 85.1 Å². The number of benzene rings is 1. The van der Waals surface area contributed by atoms with Crippen molar-refractivity contribution in [2.45, 2.75) is 17.6 Å². The molecular formula is C21H17Br2N3O3. The minimum atomic E-state index is -0.493. The Morgan fingerprint density at radius 1 is 1.17 bits per heavy atom. The average molecular weight is 519 g/mol. The number of fused-ring (bicyclic) bond motifs is 1. The van der Waals surface area contributed by atoms with Gasteiger partial charge in [-0.1, -0.05) is 62.2 Å². The summed E-state index contributed by atoms with van der Waals surface area (Å²) >= 11 is 6.83. The van der Waals surface area contributed by atoms with Gasteiger partial charge in [-0.15, -0.1) is 0 Å². The predicted octanol–water partition coefficient (Wildman–Crippen LogP) is 5.53. The zero-order valence-electron chi connectivity index (χ0n) is 15.8. The number of esters is 1. The number of carbonyl (C=O) groups is 1. The van der Waals surface area contributed by atoms with Crippen molar-refractivity contribution in [1.82, 2.24) is 9.97 Å². The van der Waals surface area contributed by atoms with Crippen molar-refractivity contribution in [2.75, 3.05) is 13.2 Å². The molecular weight excluding hydrogens is 502 g/mol. The van der Waals surface area contributed by atoms with Gasteiger partial charge >= 0.3 is 5.97 Å². The maximum absolute atomic E-state index is 12.6. The van der Waals surface area contributed by atoms with Gasteiger partial charge in [-0.25, -0.2) is 9.78 Å². The van der Waals surface area contributed by atoms with E-state index in [1.54, 1.807) is 13.0 Å². The molecule has 0 aliphatic heterocycles. The highest BCUT2D eigenvalue weighted by Crippen LogP contribution is 2.38. The summed E-state index contributed by atoms with van der Waals surface area (Å²) in [5.41, 5.74) is 2.82. The lowest BCUT2D eigenvalue weighted by molar-refractivity contribution is 0.0525. The third-order valence-electron chi connectivity index (χ3n) is 4.13. The molecule has 0 amide bonds. The average Bonchev–Trinajstić information content (AvgIpc) is 2.72. The number of nitrogens with zero attached hydrogens (tertiary/aromatic N) is 3. The minimum absolute atomic E-state index is 0.212. The van der Waals surface area contributed by atoms with Crippen LogP contribution in [0.2, 0.25) is 0 Å². The van der Waals surface area contributed by atoms with Gasteiger partial charge in [0.05, 0.1) is 24.5 Å². The van der Waals surface area contributed by atoms with Gasteiger partial charge in [0, 0.05) is 10.9 Å². The van der Waals surface area contributed by atoms with Gasteiger partial charge in [-0.05, 0) is 25.5 Å². The molecule has 0 saturated heterocycles. The number of ether oxygens (including phenoxy) is 2. The van der Waals surface area contributed by atoms with Crippen molar-refractivity contribution in [3.63, 3.8) is 0 Å². The molecule has 0 atom stereocenters. The normalized spacial score (nSPS) is 10.8. The smallest absolute Gasteiger partial charge is 0.340 e. The van der Waals surface area contributed by atoms with E-state index in [4.69, 9.17) is 9.47 Å². The van der Waals surface area contributed by atoms with E-state index in [0.717, 1.165) is 5.56 Å². The molecule has 0 N–H and O–H groups in total. The Balaban J connectivity index is 2.44. The highest BCUT2D eigenvalue weighted by Gasteiger charge is 2.24. The molecule has 0 saturated carbocycles. The number of rotatable bonds is 6. The number of pyridine rings is 2. The Labute approximate surface area is 185 Å². The van der Waals surface area contributed by atoms with Crippen molar-refractivity contribution in [1.29, 1.82) is 5.26 Å². The van der Waals surface area contributed by atoms with Crippen LogP contribution in [0, 0.1) is 11.3 Å². The Hall–Kier alpha value is -2.50. The van der Waals surface area contributed by atoms with E-state index >= 15 is 0 Å². The lowest BCUT2D eigenvalue weighted by Crippen LogP contribution is -2.11. The molecule has 0 aliphatic rings. The van der Waals surface area contributed by atoms with E-state index in [-0.39, 0.29) is 16.2 Å². The number of alkyl halides is 2. The lowest BCUT2D eigenvalue weighted by Gasteiger charge is -2.16. The van der Waals surface area contributed by atoms with Gasteiger partial charge in [-0.3, -0.25) is 0 Å².